The quantitative estimate of drug-likeness (QED) is 0.776. The summed E-state index contributed by atoms with van der Waals surface area (Å²) in [5, 5.41) is 9.37. The summed E-state index contributed by atoms with van der Waals surface area (Å²) in [4.78, 5) is 33.7. The molecule has 2 aliphatic rings. The van der Waals surface area contributed by atoms with Crippen molar-refractivity contribution >= 4 is 23.5 Å². The third kappa shape index (κ3) is 3.97. The van der Waals surface area contributed by atoms with Crippen LogP contribution in [0.2, 0.25) is 0 Å². The molecule has 0 radical (unpaired) electrons. The molecule has 2 fully saturated rings. The number of aryl methyl sites for hydroxylation is 2. The molecule has 0 spiro atoms. The van der Waals surface area contributed by atoms with Crippen LogP contribution in [0.5, 0.6) is 0 Å². The van der Waals surface area contributed by atoms with E-state index in [-0.39, 0.29) is 12.3 Å². The van der Waals surface area contributed by atoms with E-state index in [1.54, 1.807) is 6.20 Å². The van der Waals surface area contributed by atoms with E-state index in [1.165, 1.54) is 4.90 Å². The second kappa shape index (κ2) is 8.70. The lowest BCUT2D eigenvalue weighted by Crippen LogP contribution is -2.49. The van der Waals surface area contributed by atoms with Crippen molar-refractivity contribution in [2.75, 3.05) is 49.2 Å². The number of benzene rings is 1. The molecule has 4 rings (SSSR count). The van der Waals surface area contributed by atoms with Crippen molar-refractivity contribution in [2.45, 2.75) is 19.9 Å². The van der Waals surface area contributed by atoms with Crippen molar-refractivity contribution in [1.82, 2.24) is 9.88 Å². The van der Waals surface area contributed by atoms with Gasteiger partial charge in [0.05, 0.1) is 18.3 Å². The van der Waals surface area contributed by atoms with Crippen LogP contribution in [0.1, 0.15) is 21.5 Å². The van der Waals surface area contributed by atoms with Gasteiger partial charge in [0, 0.05) is 32.4 Å². The van der Waals surface area contributed by atoms with Crippen LogP contribution in [-0.2, 0) is 4.74 Å². The van der Waals surface area contributed by atoms with Crippen LogP contribution in [0.15, 0.2) is 24.4 Å². The smallest absolute Gasteiger partial charge is 0.414 e. The van der Waals surface area contributed by atoms with Gasteiger partial charge in [0.25, 0.3) is 5.91 Å². The number of pyridine rings is 1. The number of ether oxygens (including phenoxy) is 1. The molecule has 1 unspecified atom stereocenters. The topological polar surface area (TPSA) is 86.2 Å². The lowest BCUT2D eigenvalue weighted by atomic mass is 10.1. The standard InChI is InChI=1S/C22H24F2N4O4/c1-13-7-14(2)20(25-10-13)26-3-5-27(6-4-26)21(30)19-17(23)8-15(9-18(19)24)28-16(11-29)12-32-22(28)31/h7-10,16,29H,3-6,11-12H2,1-2H3. The SMILES string of the molecule is Cc1cnc(N2CCN(C(=O)c3c(F)cc(N4C(=O)OCC4CO)cc3F)CC2)c(C)c1. The van der Waals surface area contributed by atoms with Crippen molar-refractivity contribution in [3.63, 3.8) is 0 Å². The second-order valence-electron chi connectivity index (χ2n) is 8.00. The van der Waals surface area contributed by atoms with Gasteiger partial charge in [-0.3, -0.25) is 9.69 Å². The van der Waals surface area contributed by atoms with E-state index in [0.717, 1.165) is 34.0 Å². The van der Waals surface area contributed by atoms with E-state index >= 15 is 0 Å². The number of piperazine rings is 1. The molecule has 10 heteroatoms. The van der Waals surface area contributed by atoms with Crippen LogP contribution >= 0.6 is 0 Å². The van der Waals surface area contributed by atoms with Gasteiger partial charge in [-0.2, -0.15) is 0 Å². The van der Waals surface area contributed by atoms with Crippen LogP contribution < -0.4 is 9.80 Å². The zero-order chi connectivity index (χ0) is 23.0. The summed E-state index contributed by atoms with van der Waals surface area (Å²) >= 11 is 0. The maximum Gasteiger partial charge on any atom is 0.414 e. The molecule has 3 heterocycles. The van der Waals surface area contributed by atoms with Gasteiger partial charge in [0.1, 0.15) is 29.6 Å². The molecule has 8 nitrogen and oxygen atoms in total. The van der Waals surface area contributed by atoms with Crippen LogP contribution in [0, 0.1) is 25.5 Å². The third-order valence-electron chi connectivity index (χ3n) is 5.74. The Morgan fingerprint density at radius 2 is 1.81 bits per heavy atom. The second-order valence-corrected chi connectivity index (χ2v) is 8.00. The summed E-state index contributed by atoms with van der Waals surface area (Å²) in [6.07, 6.45) is 0.974. The number of carbonyl (C=O) groups excluding carboxylic acids is 2. The van der Waals surface area contributed by atoms with Gasteiger partial charge in [-0.1, -0.05) is 6.07 Å². The zero-order valence-corrected chi connectivity index (χ0v) is 17.8. The zero-order valence-electron chi connectivity index (χ0n) is 17.8. The molecule has 2 aromatic rings. The van der Waals surface area contributed by atoms with E-state index in [2.05, 4.69) is 4.98 Å². The Kier molecular flexibility index (Phi) is 5.96. The van der Waals surface area contributed by atoms with Crippen molar-refractivity contribution in [2.24, 2.45) is 0 Å². The Labute approximate surface area is 184 Å². The Morgan fingerprint density at radius 3 is 2.41 bits per heavy atom. The molecule has 170 valence electrons. The first-order chi connectivity index (χ1) is 15.3. The molecule has 0 saturated carbocycles. The third-order valence-corrected chi connectivity index (χ3v) is 5.74. The number of anilines is 2. The number of halogens is 2. The molecule has 0 bridgehead atoms. The van der Waals surface area contributed by atoms with Crippen molar-refractivity contribution in [1.29, 1.82) is 0 Å². The first-order valence-electron chi connectivity index (χ1n) is 10.3. The lowest BCUT2D eigenvalue weighted by Gasteiger charge is -2.36. The molecule has 1 atom stereocenters. The maximum atomic E-state index is 14.8. The minimum atomic E-state index is -1.07. The Morgan fingerprint density at radius 1 is 1.16 bits per heavy atom. The number of amides is 2. The molecule has 1 N–H and O–H groups in total. The van der Waals surface area contributed by atoms with Gasteiger partial charge in [-0.15, -0.1) is 0 Å². The van der Waals surface area contributed by atoms with Crippen LogP contribution in [0.4, 0.5) is 25.1 Å². The van der Waals surface area contributed by atoms with E-state index in [9.17, 15) is 23.5 Å². The first kappa shape index (κ1) is 21.9. The fourth-order valence-electron chi connectivity index (χ4n) is 4.13. The molecule has 1 aromatic heterocycles. The van der Waals surface area contributed by atoms with Crippen molar-refractivity contribution in [3.8, 4) is 0 Å². The average molecular weight is 446 g/mol. The minimum absolute atomic E-state index is 0.0845. The molecule has 2 aliphatic heterocycles. The lowest BCUT2D eigenvalue weighted by molar-refractivity contribution is 0.0736. The number of aliphatic hydroxyl groups excluding tert-OH is 1. The normalized spacial score (nSPS) is 18.8. The Bertz CT molecular complexity index is 1030. The fraction of sp³-hybridized carbons (Fsp3) is 0.409. The summed E-state index contributed by atoms with van der Waals surface area (Å²) < 4.78 is 34.5. The van der Waals surface area contributed by atoms with Gasteiger partial charge >= 0.3 is 6.09 Å². The van der Waals surface area contributed by atoms with Gasteiger partial charge in [0.15, 0.2) is 0 Å². The molecular weight excluding hydrogens is 422 g/mol. The van der Waals surface area contributed by atoms with Crippen LogP contribution in [-0.4, -0.2) is 72.4 Å². The molecule has 2 saturated heterocycles. The van der Waals surface area contributed by atoms with Gasteiger partial charge in [-0.05, 0) is 37.1 Å². The molecule has 1 aromatic carbocycles. The number of hydrogen-bond acceptors (Lipinski definition) is 6. The Hall–Kier alpha value is -3.27. The maximum absolute atomic E-state index is 14.8. The fourth-order valence-corrected chi connectivity index (χ4v) is 4.13. The van der Waals surface area contributed by atoms with E-state index in [1.807, 2.05) is 24.8 Å². The minimum Gasteiger partial charge on any atom is -0.447 e. The van der Waals surface area contributed by atoms with Crippen molar-refractivity contribution in [3.05, 3.63) is 52.7 Å². The summed E-state index contributed by atoms with van der Waals surface area (Å²) in [7, 11) is 0. The molecular formula is C22H24F2N4O4. The number of hydrogen-bond donors (Lipinski definition) is 1. The number of rotatable bonds is 4. The summed E-state index contributed by atoms with van der Waals surface area (Å²) in [5.74, 6) is -2.05. The highest BCUT2D eigenvalue weighted by molar-refractivity contribution is 5.96. The highest BCUT2D eigenvalue weighted by atomic mass is 19.1. The van der Waals surface area contributed by atoms with Crippen molar-refractivity contribution < 1.29 is 28.2 Å². The predicted octanol–water partition coefficient (Wildman–Crippen LogP) is 2.26. The number of carbonyl (C=O) groups is 2. The number of aliphatic hydroxyl groups is 1. The van der Waals surface area contributed by atoms with E-state index in [4.69, 9.17) is 4.74 Å². The average Bonchev–Trinajstić information content (AvgIpc) is 3.14. The van der Waals surface area contributed by atoms with E-state index < -0.39 is 41.8 Å². The summed E-state index contributed by atoms with van der Waals surface area (Å²) in [5.41, 5.74) is 1.31. The highest BCUT2D eigenvalue weighted by Gasteiger charge is 2.36. The largest absolute Gasteiger partial charge is 0.447 e. The first-order valence-corrected chi connectivity index (χ1v) is 10.3. The number of nitrogens with zero attached hydrogens (tertiary/aromatic N) is 4. The van der Waals surface area contributed by atoms with Gasteiger partial charge < -0.3 is 19.6 Å². The van der Waals surface area contributed by atoms with Crippen LogP contribution in [0.3, 0.4) is 0 Å². The highest BCUT2D eigenvalue weighted by Crippen LogP contribution is 2.28. The summed E-state index contributed by atoms with van der Waals surface area (Å²) in [6, 6.07) is 3.13. The number of aromatic nitrogens is 1. The van der Waals surface area contributed by atoms with Crippen LogP contribution in [0.25, 0.3) is 0 Å². The predicted molar refractivity (Wildman–Crippen MR) is 113 cm³/mol. The van der Waals surface area contributed by atoms with Gasteiger partial charge in [0.2, 0.25) is 0 Å². The monoisotopic (exact) mass is 446 g/mol. The summed E-state index contributed by atoms with van der Waals surface area (Å²) in [6.45, 7) is 4.98. The van der Waals surface area contributed by atoms with Gasteiger partial charge in [-0.25, -0.2) is 18.6 Å². The Balaban J connectivity index is 1.50. The molecule has 32 heavy (non-hydrogen) atoms. The number of cyclic esters (lactones) is 1. The molecule has 0 aliphatic carbocycles. The molecule has 2 amide bonds. The van der Waals surface area contributed by atoms with E-state index in [0.29, 0.717) is 26.2 Å².